The van der Waals surface area contributed by atoms with Crippen LogP contribution in [-0.4, -0.2) is 10.9 Å². The maximum atomic E-state index is 12.2. The number of Topliss-reactive ketones (excluding diaryl/α,β-unsaturated/α-hetero) is 1. The van der Waals surface area contributed by atoms with Gasteiger partial charge in [-0.05, 0) is 17.9 Å². The molecule has 0 radical (unpaired) electrons. The van der Waals surface area contributed by atoms with Crippen LogP contribution in [0.3, 0.4) is 0 Å². The Morgan fingerprint density at radius 1 is 1.00 bits per heavy atom. The Bertz CT molecular complexity index is 562. The second kappa shape index (κ2) is 4.98. The first-order valence-corrected chi connectivity index (χ1v) is 6.59. The molecule has 1 saturated carbocycles. The lowest BCUT2D eigenvalue weighted by Crippen LogP contribution is -2.08. The normalized spacial score (nSPS) is 22.8. The summed E-state index contributed by atoms with van der Waals surface area (Å²) in [6.07, 6.45) is 0.253. The zero-order valence-electron chi connectivity index (χ0n) is 10.6. The summed E-state index contributed by atoms with van der Waals surface area (Å²) in [5, 5.41) is 10.3. The second-order valence-corrected chi connectivity index (χ2v) is 5.09. The van der Waals surface area contributed by atoms with Gasteiger partial charge in [-0.25, -0.2) is 0 Å². The highest BCUT2D eigenvalue weighted by atomic mass is 16.3. The third-order valence-corrected chi connectivity index (χ3v) is 3.78. The summed E-state index contributed by atoms with van der Waals surface area (Å²) in [6, 6.07) is 18.9. The molecule has 3 atom stereocenters. The first-order chi connectivity index (χ1) is 9.27. The lowest BCUT2D eigenvalue weighted by molar-refractivity contribution is 0.0922. The van der Waals surface area contributed by atoms with Crippen molar-refractivity contribution < 1.29 is 9.90 Å². The summed E-state index contributed by atoms with van der Waals surface area (Å²) in [5.41, 5.74) is 1.64. The minimum absolute atomic E-state index is 0.0300. The van der Waals surface area contributed by atoms with Crippen LogP contribution in [0.15, 0.2) is 60.7 Å². The predicted molar refractivity (Wildman–Crippen MR) is 73.8 cm³/mol. The Kier molecular flexibility index (Phi) is 3.18. The van der Waals surface area contributed by atoms with Gasteiger partial charge in [-0.2, -0.15) is 0 Å². The Hall–Kier alpha value is -1.93. The molecule has 0 aromatic heterocycles. The molecule has 2 nitrogen and oxygen atoms in total. The van der Waals surface area contributed by atoms with Gasteiger partial charge in [-0.1, -0.05) is 60.7 Å². The topological polar surface area (TPSA) is 37.3 Å². The highest BCUT2D eigenvalue weighted by Gasteiger charge is 2.47. The van der Waals surface area contributed by atoms with Crippen LogP contribution in [0.2, 0.25) is 0 Å². The summed E-state index contributed by atoms with van der Waals surface area (Å²) >= 11 is 0. The number of hydrogen-bond acceptors (Lipinski definition) is 2. The Morgan fingerprint density at radius 2 is 1.58 bits per heavy atom. The van der Waals surface area contributed by atoms with E-state index in [0.29, 0.717) is 0 Å². The van der Waals surface area contributed by atoms with Gasteiger partial charge in [0.1, 0.15) is 0 Å². The van der Waals surface area contributed by atoms with Gasteiger partial charge in [0.05, 0.1) is 6.10 Å². The molecule has 96 valence electrons. The molecule has 1 N–H and O–H groups in total. The molecule has 2 heteroatoms. The summed E-state index contributed by atoms with van der Waals surface area (Å²) in [7, 11) is 0. The second-order valence-electron chi connectivity index (χ2n) is 5.09. The molecule has 0 heterocycles. The molecule has 1 aliphatic rings. The maximum Gasteiger partial charge on any atom is 0.166 e. The molecule has 0 spiro atoms. The number of aliphatic hydroxyl groups excluding tert-OH is 1. The smallest absolute Gasteiger partial charge is 0.166 e. The Balaban J connectivity index is 1.70. The molecule has 0 saturated heterocycles. The first-order valence-electron chi connectivity index (χ1n) is 6.59. The number of hydrogen-bond donors (Lipinski definition) is 1. The fourth-order valence-corrected chi connectivity index (χ4v) is 2.58. The van der Waals surface area contributed by atoms with E-state index in [2.05, 4.69) is 0 Å². The van der Waals surface area contributed by atoms with Crippen LogP contribution in [0.1, 0.15) is 28.4 Å². The summed E-state index contributed by atoms with van der Waals surface area (Å²) in [6.45, 7) is 0. The van der Waals surface area contributed by atoms with Crippen molar-refractivity contribution in [1.82, 2.24) is 0 Å². The minimum Gasteiger partial charge on any atom is -0.388 e. The van der Waals surface area contributed by atoms with Gasteiger partial charge >= 0.3 is 0 Å². The lowest BCUT2D eigenvalue weighted by atomic mass is 10.0. The van der Waals surface area contributed by atoms with Crippen LogP contribution in [0.5, 0.6) is 0 Å². The number of benzene rings is 2. The molecule has 1 fully saturated rings. The van der Waals surface area contributed by atoms with Crippen LogP contribution < -0.4 is 0 Å². The number of ketones is 1. The van der Waals surface area contributed by atoms with Crippen LogP contribution in [0, 0.1) is 11.8 Å². The number of carbonyl (C=O) groups is 1. The lowest BCUT2D eigenvalue weighted by Gasteiger charge is -2.10. The van der Waals surface area contributed by atoms with E-state index in [0.717, 1.165) is 17.5 Å². The van der Waals surface area contributed by atoms with Gasteiger partial charge < -0.3 is 5.11 Å². The van der Waals surface area contributed by atoms with Crippen molar-refractivity contribution in [3.63, 3.8) is 0 Å². The molecule has 0 amide bonds. The van der Waals surface area contributed by atoms with Crippen molar-refractivity contribution in [2.45, 2.75) is 12.5 Å². The SMILES string of the molecule is O=C(c1ccccc1)[C@H]1C[C@@H]1[C@H](O)c1ccccc1. The van der Waals surface area contributed by atoms with E-state index < -0.39 is 6.10 Å². The molecule has 2 aromatic rings. The van der Waals surface area contributed by atoms with E-state index >= 15 is 0 Å². The average Bonchev–Trinajstić information content (AvgIpc) is 3.28. The van der Waals surface area contributed by atoms with Gasteiger partial charge in [0.15, 0.2) is 5.78 Å². The van der Waals surface area contributed by atoms with Gasteiger partial charge in [-0.3, -0.25) is 4.79 Å². The van der Waals surface area contributed by atoms with Gasteiger partial charge in [0.2, 0.25) is 0 Å². The fourth-order valence-electron chi connectivity index (χ4n) is 2.58. The van der Waals surface area contributed by atoms with Crippen LogP contribution >= 0.6 is 0 Å². The molecular weight excluding hydrogens is 236 g/mol. The predicted octanol–water partition coefficient (Wildman–Crippen LogP) is 3.24. The molecule has 3 rings (SSSR count). The molecular formula is C17H16O2. The summed E-state index contributed by atoms with van der Waals surface area (Å²) in [5.74, 6) is 0.188. The van der Waals surface area contributed by atoms with E-state index in [1.165, 1.54) is 0 Å². The van der Waals surface area contributed by atoms with E-state index in [1.54, 1.807) is 0 Å². The monoisotopic (exact) mass is 252 g/mol. The first kappa shape index (κ1) is 12.1. The van der Waals surface area contributed by atoms with E-state index in [-0.39, 0.29) is 17.6 Å². The van der Waals surface area contributed by atoms with Gasteiger partial charge in [0.25, 0.3) is 0 Å². The van der Waals surface area contributed by atoms with Crippen molar-refractivity contribution in [2.24, 2.45) is 11.8 Å². The quantitative estimate of drug-likeness (QED) is 0.848. The van der Waals surface area contributed by atoms with E-state index in [9.17, 15) is 9.90 Å². The Morgan fingerprint density at radius 3 is 2.21 bits per heavy atom. The largest absolute Gasteiger partial charge is 0.388 e. The Labute approximate surface area is 112 Å². The summed E-state index contributed by atoms with van der Waals surface area (Å²) < 4.78 is 0. The van der Waals surface area contributed by atoms with Crippen molar-refractivity contribution in [2.75, 3.05) is 0 Å². The van der Waals surface area contributed by atoms with Gasteiger partial charge in [0, 0.05) is 11.5 Å². The summed E-state index contributed by atoms with van der Waals surface area (Å²) in [4.78, 5) is 12.2. The highest BCUT2D eigenvalue weighted by Crippen LogP contribution is 2.48. The standard InChI is InChI=1S/C17H16O2/c18-16(12-7-3-1-4-8-12)14-11-15(14)17(19)13-9-5-2-6-10-13/h1-10,14-16,18H,11H2/t14-,15-,16+/m0/s1. The van der Waals surface area contributed by atoms with E-state index in [1.807, 2.05) is 60.7 Å². The van der Waals surface area contributed by atoms with Crippen LogP contribution in [-0.2, 0) is 0 Å². The van der Waals surface area contributed by atoms with Crippen molar-refractivity contribution >= 4 is 5.78 Å². The third kappa shape index (κ3) is 2.45. The molecule has 0 aliphatic heterocycles. The molecule has 0 bridgehead atoms. The number of carbonyl (C=O) groups excluding carboxylic acids is 1. The number of rotatable bonds is 4. The van der Waals surface area contributed by atoms with Crippen molar-refractivity contribution in [3.8, 4) is 0 Å². The van der Waals surface area contributed by atoms with Gasteiger partial charge in [-0.15, -0.1) is 0 Å². The molecule has 19 heavy (non-hydrogen) atoms. The number of aliphatic hydroxyl groups is 1. The van der Waals surface area contributed by atoms with Crippen LogP contribution in [0.25, 0.3) is 0 Å². The zero-order chi connectivity index (χ0) is 13.2. The maximum absolute atomic E-state index is 12.2. The highest BCUT2D eigenvalue weighted by molar-refractivity contribution is 5.99. The zero-order valence-corrected chi connectivity index (χ0v) is 10.6. The van der Waals surface area contributed by atoms with Crippen LogP contribution in [0.4, 0.5) is 0 Å². The third-order valence-electron chi connectivity index (χ3n) is 3.78. The molecule has 2 aromatic carbocycles. The molecule has 1 aliphatic carbocycles. The fraction of sp³-hybridized carbons (Fsp3) is 0.235. The average molecular weight is 252 g/mol. The van der Waals surface area contributed by atoms with Crippen molar-refractivity contribution in [3.05, 3.63) is 71.8 Å². The molecule has 0 unspecified atom stereocenters. The van der Waals surface area contributed by atoms with Crippen molar-refractivity contribution in [1.29, 1.82) is 0 Å². The van der Waals surface area contributed by atoms with E-state index in [4.69, 9.17) is 0 Å². The minimum atomic E-state index is -0.529.